The van der Waals surface area contributed by atoms with E-state index in [4.69, 9.17) is 4.74 Å². The van der Waals surface area contributed by atoms with Crippen LogP contribution >= 0.6 is 0 Å². The molecule has 2 amide bonds. The third-order valence-electron chi connectivity index (χ3n) is 3.67. The highest BCUT2D eigenvalue weighted by Gasteiger charge is 2.23. The number of ether oxygens (including phenoxy) is 1. The molecule has 21 heavy (non-hydrogen) atoms. The second-order valence-corrected chi connectivity index (χ2v) is 5.44. The summed E-state index contributed by atoms with van der Waals surface area (Å²) in [6.45, 7) is 0.0351. The van der Waals surface area contributed by atoms with Crippen LogP contribution in [0, 0.1) is 0 Å². The van der Waals surface area contributed by atoms with Gasteiger partial charge in [0.05, 0.1) is 13.7 Å². The largest absolute Gasteiger partial charge is 0.479 e. The highest BCUT2D eigenvalue weighted by Crippen LogP contribution is 2.18. The first-order valence-corrected chi connectivity index (χ1v) is 7.13. The molecule has 0 radical (unpaired) electrons. The van der Waals surface area contributed by atoms with Gasteiger partial charge in [-0.3, -0.25) is 14.3 Å². The lowest BCUT2D eigenvalue weighted by Gasteiger charge is -2.18. The Labute approximate surface area is 124 Å². The van der Waals surface area contributed by atoms with Gasteiger partial charge in [-0.1, -0.05) is 12.8 Å². The molecule has 1 aromatic rings. The molecule has 0 spiro atoms. The first-order valence-electron chi connectivity index (χ1n) is 7.13. The van der Waals surface area contributed by atoms with Gasteiger partial charge in [0.2, 0.25) is 11.8 Å². The van der Waals surface area contributed by atoms with Crippen LogP contribution in [0.15, 0.2) is 6.20 Å². The van der Waals surface area contributed by atoms with Crippen LogP contribution < -0.4 is 10.1 Å². The summed E-state index contributed by atoms with van der Waals surface area (Å²) in [4.78, 5) is 25.6. The Morgan fingerprint density at radius 3 is 2.76 bits per heavy atom. The SMILES string of the molecule is COc1nn(C)cc1C(=O)N(C)CC(=O)NC1CCCC1. The lowest BCUT2D eigenvalue weighted by Crippen LogP contribution is -2.41. The number of nitrogens with one attached hydrogen (secondary N) is 1. The lowest BCUT2D eigenvalue weighted by molar-refractivity contribution is -0.122. The fraction of sp³-hybridized carbons (Fsp3) is 0.643. The smallest absolute Gasteiger partial charge is 0.261 e. The van der Waals surface area contributed by atoms with E-state index in [1.165, 1.54) is 16.7 Å². The molecule has 1 aliphatic rings. The molecule has 0 atom stereocenters. The predicted octanol–water partition coefficient (Wildman–Crippen LogP) is 0.559. The first kappa shape index (κ1) is 15.3. The Hall–Kier alpha value is -2.05. The van der Waals surface area contributed by atoms with Gasteiger partial charge in [-0.15, -0.1) is 5.10 Å². The van der Waals surface area contributed by atoms with Crippen molar-refractivity contribution in [1.29, 1.82) is 0 Å². The van der Waals surface area contributed by atoms with Crippen LogP contribution in [0.25, 0.3) is 0 Å². The number of aryl methyl sites for hydroxylation is 1. The highest BCUT2D eigenvalue weighted by atomic mass is 16.5. The normalized spacial score (nSPS) is 15.0. The number of carbonyl (C=O) groups excluding carboxylic acids is 2. The van der Waals surface area contributed by atoms with Gasteiger partial charge in [0.1, 0.15) is 5.56 Å². The average Bonchev–Trinajstić information content (AvgIpc) is 3.06. The minimum absolute atomic E-state index is 0.0351. The van der Waals surface area contributed by atoms with Gasteiger partial charge in [-0.25, -0.2) is 0 Å². The summed E-state index contributed by atoms with van der Waals surface area (Å²) in [6.07, 6.45) is 5.96. The van der Waals surface area contributed by atoms with Crippen molar-refractivity contribution in [2.45, 2.75) is 31.7 Å². The van der Waals surface area contributed by atoms with Crippen molar-refractivity contribution in [2.75, 3.05) is 20.7 Å². The monoisotopic (exact) mass is 294 g/mol. The number of nitrogens with zero attached hydrogens (tertiary/aromatic N) is 3. The van der Waals surface area contributed by atoms with Crippen molar-refractivity contribution in [3.8, 4) is 5.88 Å². The van der Waals surface area contributed by atoms with Crippen LogP contribution in [0.2, 0.25) is 0 Å². The fourth-order valence-electron chi connectivity index (χ4n) is 2.60. The lowest BCUT2D eigenvalue weighted by atomic mass is 10.2. The third-order valence-corrected chi connectivity index (χ3v) is 3.67. The van der Waals surface area contributed by atoms with E-state index in [0.717, 1.165) is 25.7 Å². The summed E-state index contributed by atoms with van der Waals surface area (Å²) in [5.74, 6) is -0.132. The van der Waals surface area contributed by atoms with Crippen molar-refractivity contribution < 1.29 is 14.3 Å². The number of methoxy groups -OCH3 is 1. The fourth-order valence-corrected chi connectivity index (χ4v) is 2.60. The van der Waals surface area contributed by atoms with Crippen molar-refractivity contribution in [1.82, 2.24) is 20.0 Å². The molecule has 0 aromatic carbocycles. The molecule has 1 saturated carbocycles. The van der Waals surface area contributed by atoms with Gasteiger partial charge < -0.3 is 15.0 Å². The van der Waals surface area contributed by atoms with Gasteiger partial charge in [-0.05, 0) is 12.8 Å². The van der Waals surface area contributed by atoms with Crippen LogP contribution in [0.1, 0.15) is 36.0 Å². The van der Waals surface area contributed by atoms with Gasteiger partial charge in [-0.2, -0.15) is 0 Å². The van der Waals surface area contributed by atoms with E-state index in [2.05, 4.69) is 10.4 Å². The van der Waals surface area contributed by atoms with Gasteiger partial charge in [0.25, 0.3) is 5.91 Å². The molecule has 0 unspecified atom stereocenters. The molecule has 1 N–H and O–H groups in total. The van der Waals surface area contributed by atoms with E-state index in [1.807, 2.05) is 0 Å². The number of likely N-dealkylation sites (N-methyl/N-ethyl adjacent to an activating group) is 1. The predicted molar refractivity (Wildman–Crippen MR) is 77.1 cm³/mol. The molecule has 1 heterocycles. The number of carbonyl (C=O) groups is 2. The van der Waals surface area contributed by atoms with Crippen molar-refractivity contribution in [3.05, 3.63) is 11.8 Å². The molecule has 1 fully saturated rings. The van der Waals surface area contributed by atoms with E-state index in [1.54, 1.807) is 20.3 Å². The Morgan fingerprint density at radius 1 is 1.48 bits per heavy atom. The standard InChI is InChI=1S/C14H22N4O3/c1-17(9-12(19)15-10-6-4-5-7-10)14(20)11-8-18(2)16-13(11)21-3/h8,10H,4-7,9H2,1-3H3,(H,15,19). The van der Waals surface area contributed by atoms with E-state index in [9.17, 15) is 9.59 Å². The number of rotatable bonds is 5. The highest BCUT2D eigenvalue weighted by molar-refractivity contribution is 5.98. The molecule has 0 bridgehead atoms. The second-order valence-electron chi connectivity index (χ2n) is 5.44. The Bertz CT molecular complexity index is 520. The Kier molecular flexibility index (Phi) is 4.82. The minimum atomic E-state index is -0.276. The number of aromatic nitrogens is 2. The second kappa shape index (κ2) is 6.60. The van der Waals surface area contributed by atoms with E-state index in [-0.39, 0.29) is 30.3 Å². The number of amides is 2. The zero-order chi connectivity index (χ0) is 15.4. The molecular weight excluding hydrogens is 272 g/mol. The molecule has 1 aliphatic carbocycles. The number of hydrogen-bond acceptors (Lipinski definition) is 4. The van der Waals surface area contributed by atoms with E-state index in [0.29, 0.717) is 5.56 Å². The maximum Gasteiger partial charge on any atom is 0.261 e. The molecule has 2 rings (SSSR count). The molecule has 116 valence electrons. The molecule has 0 aliphatic heterocycles. The molecule has 0 saturated heterocycles. The van der Waals surface area contributed by atoms with Crippen LogP contribution in [0.3, 0.4) is 0 Å². The topological polar surface area (TPSA) is 76.5 Å². The maximum absolute atomic E-state index is 12.3. The summed E-state index contributed by atoms with van der Waals surface area (Å²) in [5, 5.41) is 7.01. The molecular formula is C14H22N4O3. The van der Waals surface area contributed by atoms with Crippen LogP contribution in [0.5, 0.6) is 5.88 Å². The van der Waals surface area contributed by atoms with Crippen molar-refractivity contribution >= 4 is 11.8 Å². The van der Waals surface area contributed by atoms with Gasteiger partial charge in [0, 0.05) is 26.3 Å². The number of hydrogen-bond donors (Lipinski definition) is 1. The maximum atomic E-state index is 12.3. The first-order chi connectivity index (χ1) is 10.0. The van der Waals surface area contributed by atoms with Gasteiger partial charge in [0.15, 0.2) is 0 Å². The van der Waals surface area contributed by atoms with Crippen molar-refractivity contribution in [2.24, 2.45) is 7.05 Å². The Morgan fingerprint density at radius 2 is 2.14 bits per heavy atom. The van der Waals surface area contributed by atoms with E-state index < -0.39 is 0 Å². The molecule has 7 nitrogen and oxygen atoms in total. The minimum Gasteiger partial charge on any atom is -0.479 e. The van der Waals surface area contributed by atoms with Crippen molar-refractivity contribution in [3.63, 3.8) is 0 Å². The van der Waals surface area contributed by atoms with Crippen LogP contribution in [0.4, 0.5) is 0 Å². The summed E-state index contributed by atoms with van der Waals surface area (Å²) < 4.78 is 6.58. The molecule has 1 aromatic heterocycles. The molecule has 7 heteroatoms. The Balaban J connectivity index is 1.93. The summed E-state index contributed by atoms with van der Waals surface area (Å²) in [5.41, 5.74) is 0.358. The summed E-state index contributed by atoms with van der Waals surface area (Å²) in [6, 6.07) is 0.258. The summed E-state index contributed by atoms with van der Waals surface area (Å²) in [7, 11) is 4.78. The van der Waals surface area contributed by atoms with Gasteiger partial charge >= 0.3 is 0 Å². The zero-order valence-corrected chi connectivity index (χ0v) is 12.8. The summed E-state index contributed by atoms with van der Waals surface area (Å²) >= 11 is 0. The van der Waals surface area contributed by atoms with Crippen LogP contribution in [-0.4, -0.2) is 53.2 Å². The van der Waals surface area contributed by atoms with Crippen LogP contribution in [-0.2, 0) is 11.8 Å². The zero-order valence-electron chi connectivity index (χ0n) is 12.8. The third kappa shape index (κ3) is 3.74. The average molecular weight is 294 g/mol. The van der Waals surface area contributed by atoms with E-state index >= 15 is 0 Å². The quantitative estimate of drug-likeness (QED) is 0.861.